The van der Waals surface area contributed by atoms with Crippen molar-refractivity contribution >= 4 is 30.9 Å². The van der Waals surface area contributed by atoms with Crippen LogP contribution in [0.1, 0.15) is 5.56 Å². The first-order valence-corrected chi connectivity index (χ1v) is 9.48. The molecule has 1 nitrogen and oxygen atoms in total. The monoisotopic (exact) mass is 320 g/mol. The Balaban J connectivity index is 2.46. The predicted molar refractivity (Wildman–Crippen MR) is 72.4 cm³/mol. The summed E-state index contributed by atoms with van der Waals surface area (Å²) in [5.41, 5.74) is 1.35. The van der Waals surface area contributed by atoms with E-state index < -0.39 is 8.32 Å². The van der Waals surface area contributed by atoms with Crippen LogP contribution in [0.4, 0.5) is 0 Å². The molecule has 3 heteroatoms. The van der Waals surface area contributed by atoms with Crippen LogP contribution in [-0.2, 0) is 10.8 Å². The fraction of sp³-hybridized carbons (Fsp3) is 0.455. The Morgan fingerprint density at radius 2 is 1.79 bits per heavy atom. The second-order valence-corrected chi connectivity index (χ2v) is 10.2. The van der Waals surface area contributed by atoms with Crippen molar-refractivity contribution in [2.24, 2.45) is 0 Å². The van der Waals surface area contributed by atoms with E-state index in [0.29, 0.717) is 4.11 Å². The highest BCUT2D eigenvalue weighted by Crippen LogP contribution is 2.17. The zero-order valence-corrected chi connectivity index (χ0v) is 12.1. The molecule has 14 heavy (non-hydrogen) atoms. The Hall–Kier alpha value is 0.127. The van der Waals surface area contributed by atoms with Crippen LogP contribution in [0, 0.1) is 0 Å². The molecule has 0 saturated carbocycles. The van der Waals surface area contributed by atoms with Crippen LogP contribution < -0.4 is 0 Å². The lowest BCUT2D eigenvalue weighted by molar-refractivity contribution is 0.297. The highest BCUT2D eigenvalue weighted by Gasteiger charge is 2.19. The van der Waals surface area contributed by atoms with Crippen LogP contribution in [0.5, 0.6) is 0 Å². The molecule has 0 bridgehead atoms. The molecule has 0 N–H and O–H groups in total. The minimum absolute atomic E-state index is 0.307. The van der Waals surface area contributed by atoms with Crippen molar-refractivity contribution in [1.82, 2.24) is 0 Å². The van der Waals surface area contributed by atoms with E-state index in [0.717, 1.165) is 6.42 Å². The number of halogens is 1. The lowest BCUT2D eigenvalue weighted by atomic mass is 10.2. The number of hydrogen-bond donors (Lipinski definition) is 0. The normalized spacial score (nSPS) is 14.0. The molecule has 0 spiro atoms. The van der Waals surface area contributed by atoms with E-state index in [2.05, 4.69) is 66.5 Å². The van der Waals surface area contributed by atoms with Gasteiger partial charge in [0.2, 0.25) is 0 Å². The van der Waals surface area contributed by atoms with Gasteiger partial charge in [-0.3, -0.25) is 0 Å². The van der Waals surface area contributed by atoms with Crippen molar-refractivity contribution in [2.75, 3.05) is 0 Å². The summed E-state index contributed by atoms with van der Waals surface area (Å²) in [6.07, 6.45) is 1.01. The van der Waals surface area contributed by atoms with Crippen molar-refractivity contribution in [3.63, 3.8) is 0 Å². The Labute approximate surface area is 101 Å². The van der Waals surface area contributed by atoms with E-state index in [-0.39, 0.29) is 0 Å². The maximum atomic E-state index is 5.97. The van der Waals surface area contributed by atoms with Crippen LogP contribution in [0.15, 0.2) is 30.3 Å². The van der Waals surface area contributed by atoms with Gasteiger partial charge in [-0.15, -0.1) is 0 Å². The lowest BCUT2D eigenvalue weighted by Crippen LogP contribution is -2.30. The first-order valence-electron chi connectivity index (χ1n) is 4.83. The Kier molecular flexibility index (Phi) is 4.60. The summed E-state index contributed by atoms with van der Waals surface area (Å²) in [6.45, 7) is 6.68. The molecule has 0 aliphatic heterocycles. The van der Waals surface area contributed by atoms with Gasteiger partial charge in [0.05, 0.1) is 0 Å². The van der Waals surface area contributed by atoms with Crippen molar-refractivity contribution in [1.29, 1.82) is 0 Å². The smallest absolute Gasteiger partial charge is 0.185 e. The molecule has 0 radical (unpaired) electrons. The van der Waals surface area contributed by atoms with Crippen molar-refractivity contribution in [3.8, 4) is 0 Å². The van der Waals surface area contributed by atoms with Crippen LogP contribution in [0.3, 0.4) is 0 Å². The Bertz CT molecular complexity index is 268. The number of benzene rings is 1. The zero-order valence-electron chi connectivity index (χ0n) is 8.96. The molecule has 0 heterocycles. The summed E-state index contributed by atoms with van der Waals surface area (Å²) in [5, 5.41) is 0. The number of hydrogen-bond acceptors (Lipinski definition) is 1. The molecule has 1 aromatic rings. The summed E-state index contributed by atoms with van der Waals surface area (Å²) in [5.74, 6) is 0. The third-order valence-electron chi connectivity index (χ3n) is 1.72. The minimum Gasteiger partial charge on any atom is -0.406 e. The van der Waals surface area contributed by atoms with Gasteiger partial charge in [-0.2, -0.15) is 0 Å². The largest absolute Gasteiger partial charge is 0.406 e. The molecule has 0 saturated heterocycles. The van der Waals surface area contributed by atoms with E-state index in [4.69, 9.17) is 4.43 Å². The molecule has 1 atom stereocenters. The maximum absolute atomic E-state index is 5.97. The second-order valence-electron chi connectivity index (χ2n) is 4.33. The van der Waals surface area contributed by atoms with Gasteiger partial charge in [-0.1, -0.05) is 52.9 Å². The molecular formula is C11H17IOSi. The molecule has 0 aromatic heterocycles. The summed E-state index contributed by atoms with van der Waals surface area (Å²) in [4.78, 5) is 0. The molecule has 0 aliphatic rings. The molecule has 78 valence electrons. The molecule has 1 rings (SSSR count). The summed E-state index contributed by atoms with van der Waals surface area (Å²) in [6, 6.07) is 10.5. The molecular weight excluding hydrogens is 303 g/mol. The first-order chi connectivity index (χ1) is 6.47. The Morgan fingerprint density at radius 3 is 2.29 bits per heavy atom. The lowest BCUT2D eigenvalue weighted by Gasteiger charge is -2.22. The number of alkyl halides is 1. The average molecular weight is 320 g/mol. The predicted octanol–water partition coefficient (Wildman–Crippen LogP) is 3.84. The van der Waals surface area contributed by atoms with E-state index in [1.165, 1.54) is 5.56 Å². The highest BCUT2D eigenvalue weighted by atomic mass is 127. The molecule has 1 aromatic carbocycles. The fourth-order valence-corrected chi connectivity index (χ4v) is 4.87. The maximum Gasteiger partial charge on any atom is 0.185 e. The van der Waals surface area contributed by atoms with Gasteiger partial charge in [0.1, 0.15) is 4.11 Å². The highest BCUT2D eigenvalue weighted by molar-refractivity contribution is 14.1. The number of rotatable bonds is 4. The van der Waals surface area contributed by atoms with E-state index in [9.17, 15) is 0 Å². The van der Waals surface area contributed by atoms with Crippen LogP contribution in [-0.4, -0.2) is 12.4 Å². The van der Waals surface area contributed by atoms with Crippen LogP contribution >= 0.6 is 22.6 Å². The summed E-state index contributed by atoms with van der Waals surface area (Å²) in [7, 11) is -1.38. The van der Waals surface area contributed by atoms with Crippen LogP contribution in [0.2, 0.25) is 19.6 Å². The third kappa shape index (κ3) is 5.12. The van der Waals surface area contributed by atoms with E-state index in [1.807, 2.05) is 6.07 Å². The first kappa shape index (κ1) is 12.2. The topological polar surface area (TPSA) is 9.23 Å². The van der Waals surface area contributed by atoms with Gasteiger partial charge in [0.15, 0.2) is 8.32 Å². The van der Waals surface area contributed by atoms with Gasteiger partial charge in [0.25, 0.3) is 0 Å². The summed E-state index contributed by atoms with van der Waals surface area (Å²) < 4.78 is 6.27. The third-order valence-corrected chi connectivity index (χ3v) is 3.89. The van der Waals surface area contributed by atoms with E-state index in [1.54, 1.807) is 0 Å². The standard InChI is InChI=1S/C11H17IOSi/c1-14(2,3)13-11(12)9-10-7-5-4-6-8-10/h4-8,11H,9H2,1-3H3. The van der Waals surface area contributed by atoms with Gasteiger partial charge in [-0.05, 0) is 25.2 Å². The second kappa shape index (κ2) is 5.28. The minimum atomic E-state index is -1.38. The van der Waals surface area contributed by atoms with Gasteiger partial charge in [-0.25, -0.2) is 0 Å². The zero-order chi connectivity index (χ0) is 10.6. The fourth-order valence-electron chi connectivity index (χ4n) is 1.22. The Morgan fingerprint density at radius 1 is 1.21 bits per heavy atom. The molecule has 0 fully saturated rings. The van der Waals surface area contributed by atoms with Crippen molar-refractivity contribution in [3.05, 3.63) is 35.9 Å². The molecule has 1 unspecified atom stereocenters. The van der Waals surface area contributed by atoms with Crippen LogP contribution in [0.25, 0.3) is 0 Å². The molecule has 0 aliphatic carbocycles. The van der Waals surface area contributed by atoms with Crippen molar-refractivity contribution in [2.45, 2.75) is 30.2 Å². The quantitative estimate of drug-likeness (QED) is 0.465. The molecule has 0 amide bonds. The van der Waals surface area contributed by atoms with Gasteiger partial charge in [0, 0.05) is 6.42 Å². The van der Waals surface area contributed by atoms with Crippen molar-refractivity contribution < 1.29 is 4.43 Å². The van der Waals surface area contributed by atoms with Gasteiger partial charge >= 0.3 is 0 Å². The average Bonchev–Trinajstić information content (AvgIpc) is 2.02. The van der Waals surface area contributed by atoms with E-state index >= 15 is 0 Å². The van der Waals surface area contributed by atoms with Gasteiger partial charge < -0.3 is 4.43 Å². The SMILES string of the molecule is C[Si](C)(C)OC(I)Cc1ccccc1. The summed E-state index contributed by atoms with van der Waals surface area (Å²) >= 11 is 2.38.